The van der Waals surface area contributed by atoms with Gasteiger partial charge in [0.15, 0.2) is 0 Å². The Bertz CT molecular complexity index is 846. The number of benzene rings is 2. The fourth-order valence-electron chi connectivity index (χ4n) is 4.21. The molecule has 2 aromatic rings. The lowest BCUT2D eigenvalue weighted by Gasteiger charge is -2.50. The molecule has 0 bridgehead atoms. The third kappa shape index (κ3) is 6.33. The first-order valence-corrected chi connectivity index (χ1v) is 11.1. The fourth-order valence-corrected chi connectivity index (χ4v) is 4.21. The highest BCUT2D eigenvalue weighted by Crippen LogP contribution is 2.45. The first-order valence-electron chi connectivity index (χ1n) is 11.1. The van der Waals surface area contributed by atoms with Crippen LogP contribution in [0.2, 0.25) is 0 Å². The summed E-state index contributed by atoms with van der Waals surface area (Å²) in [6.45, 7) is 7.22. The predicted molar refractivity (Wildman–Crippen MR) is 124 cm³/mol. The van der Waals surface area contributed by atoms with Crippen molar-refractivity contribution < 1.29 is 19.1 Å². The number of hydrogen-bond donors (Lipinski definition) is 1. The summed E-state index contributed by atoms with van der Waals surface area (Å²) in [5, 5.41) is 2.78. The van der Waals surface area contributed by atoms with Gasteiger partial charge in [0.05, 0.1) is 12.5 Å². The van der Waals surface area contributed by atoms with Gasteiger partial charge in [0.2, 0.25) is 0 Å². The maximum atomic E-state index is 12.7. The highest BCUT2D eigenvalue weighted by Gasteiger charge is 2.53. The van der Waals surface area contributed by atoms with Crippen LogP contribution in [0.5, 0.6) is 0 Å². The number of nitrogens with zero attached hydrogens (tertiary/aromatic N) is 1. The summed E-state index contributed by atoms with van der Waals surface area (Å²) in [5.74, 6) is -0.288. The Labute approximate surface area is 190 Å². The van der Waals surface area contributed by atoms with E-state index in [1.54, 1.807) is 0 Å². The minimum Gasteiger partial charge on any atom is -0.469 e. The average Bonchev–Trinajstić information content (AvgIpc) is 2.72. The van der Waals surface area contributed by atoms with Crippen LogP contribution in [0.15, 0.2) is 60.7 Å². The Hall–Kier alpha value is -2.86. The van der Waals surface area contributed by atoms with E-state index in [4.69, 9.17) is 9.47 Å². The lowest BCUT2D eigenvalue weighted by molar-refractivity contribution is -0.163. The molecule has 1 amide bonds. The van der Waals surface area contributed by atoms with E-state index in [2.05, 4.69) is 34.5 Å². The van der Waals surface area contributed by atoms with E-state index in [1.165, 1.54) is 18.2 Å². The topological polar surface area (TPSA) is 67.9 Å². The molecule has 32 heavy (non-hydrogen) atoms. The van der Waals surface area contributed by atoms with Gasteiger partial charge in [-0.25, -0.2) is 4.79 Å². The number of rotatable bonds is 8. The predicted octanol–water partition coefficient (Wildman–Crippen LogP) is 4.54. The first kappa shape index (κ1) is 23.8. The second-order valence-electron chi connectivity index (χ2n) is 9.57. The SMILES string of the molecule is COC(=O)[C@]1(CNC(=O)OC(C)(C)C)C[C@@H](N(Cc2ccccc2)Cc2ccccc2)C1. The molecule has 1 saturated carbocycles. The van der Waals surface area contributed by atoms with Crippen LogP contribution in [0.25, 0.3) is 0 Å². The van der Waals surface area contributed by atoms with Gasteiger partial charge in [-0.1, -0.05) is 60.7 Å². The van der Waals surface area contributed by atoms with Crippen molar-refractivity contribution in [2.75, 3.05) is 13.7 Å². The molecule has 6 nitrogen and oxygen atoms in total. The van der Waals surface area contributed by atoms with Gasteiger partial charge in [-0.3, -0.25) is 9.69 Å². The van der Waals surface area contributed by atoms with Crippen molar-refractivity contribution in [2.24, 2.45) is 5.41 Å². The highest BCUT2D eigenvalue weighted by molar-refractivity contribution is 5.79. The third-order valence-electron chi connectivity index (χ3n) is 5.81. The fraction of sp³-hybridized carbons (Fsp3) is 0.462. The van der Waals surface area contributed by atoms with Crippen LogP contribution in [0.1, 0.15) is 44.7 Å². The van der Waals surface area contributed by atoms with E-state index >= 15 is 0 Å². The molecule has 0 heterocycles. The van der Waals surface area contributed by atoms with Crippen LogP contribution in [0.3, 0.4) is 0 Å². The summed E-state index contributed by atoms with van der Waals surface area (Å²) in [4.78, 5) is 27.2. The lowest BCUT2D eigenvalue weighted by atomic mass is 9.64. The van der Waals surface area contributed by atoms with Crippen molar-refractivity contribution in [3.05, 3.63) is 71.8 Å². The number of hydrogen-bond acceptors (Lipinski definition) is 5. The number of nitrogens with one attached hydrogen (secondary N) is 1. The zero-order valence-electron chi connectivity index (χ0n) is 19.5. The van der Waals surface area contributed by atoms with Gasteiger partial charge in [-0.15, -0.1) is 0 Å². The molecule has 172 valence electrons. The quantitative estimate of drug-likeness (QED) is 0.613. The normalized spacial score (nSPS) is 20.3. The van der Waals surface area contributed by atoms with Gasteiger partial charge in [0.25, 0.3) is 0 Å². The molecule has 0 atom stereocenters. The Kier molecular flexibility index (Phi) is 7.56. The minimum absolute atomic E-state index is 0.204. The van der Waals surface area contributed by atoms with Gasteiger partial charge in [-0.05, 0) is 44.7 Å². The van der Waals surface area contributed by atoms with Gasteiger partial charge < -0.3 is 14.8 Å². The van der Waals surface area contributed by atoms with E-state index in [9.17, 15) is 9.59 Å². The molecule has 1 N–H and O–H groups in total. The Morgan fingerprint density at radius 1 is 0.969 bits per heavy atom. The van der Waals surface area contributed by atoms with Crippen LogP contribution in [0.4, 0.5) is 4.79 Å². The van der Waals surface area contributed by atoms with Crippen LogP contribution in [0, 0.1) is 5.41 Å². The number of carbonyl (C=O) groups excluding carboxylic acids is 2. The summed E-state index contributed by atoms with van der Waals surface area (Å²) in [6, 6.07) is 20.9. The molecule has 2 aromatic carbocycles. The standard InChI is InChI=1S/C26H34N2O4/c1-25(2,3)32-24(30)27-19-26(23(29)31-4)15-22(16-26)28(17-20-11-7-5-8-12-20)18-21-13-9-6-10-14-21/h5-14,22H,15-19H2,1-4H3,(H,27,30)/t22-,26-. The Morgan fingerprint density at radius 3 is 1.91 bits per heavy atom. The van der Waals surface area contributed by atoms with Gasteiger partial charge in [0, 0.05) is 25.7 Å². The Morgan fingerprint density at radius 2 is 1.47 bits per heavy atom. The molecule has 0 radical (unpaired) electrons. The molecule has 0 aliphatic heterocycles. The zero-order valence-corrected chi connectivity index (χ0v) is 19.5. The van der Waals surface area contributed by atoms with Crippen LogP contribution < -0.4 is 5.32 Å². The van der Waals surface area contributed by atoms with Gasteiger partial charge in [-0.2, -0.15) is 0 Å². The van der Waals surface area contributed by atoms with Crippen LogP contribution >= 0.6 is 0 Å². The van der Waals surface area contributed by atoms with E-state index in [0.717, 1.165) is 13.1 Å². The molecule has 1 aliphatic carbocycles. The van der Waals surface area contributed by atoms with E-state index in [1.807, 2.05) is 57.2 Å². The van der Waals surface area contributed by atoms with Crippen LogP contribution in [-0.2, 0) is 27.4 Å². The van der Waals surface area contributed by atoms with Crippen molar-refractivity contribution in [3.63, 3.8) is 0 Å². The number of methoxy groups -OCH3 is 1. The molecule has 1 fully saturated rings. The zero-order chi connectivity index (χ0) is 23.2. The molecule has 6 heteroatoms. The summed E-state index contributed by atoms with van der Waals surface area (Å²) in [6.07, 6.45) is 0.722. The second kappa shape index (κ2) is 10.2. The second-order valence-corrected chi connectivity index (χ2v) is 9.57. The van der Waals surface area contributed by atoms with Crippen molar-refractivity contribution in [1.29, 1.82) is 0 Å². The van der Waals surface area contributed by atoms with E-state index in [0.29, 0.717) is 12.8 Å². The maximum absolute atomic E-state index is 12.7. The largest absolute Gasteiger partial charge is 0.469 e. The molecule has 0 saturated heterocycles. The van der Waals surface area contributed by atoms with Crippen molar-refractivity contribution in [1.82, 2.24) is 10.2 Å². The van der Waals surface area contributed by atoms with Gasteiger partial charge in [0.1, 0.15) is 5.60 Å². The number of alkyl carbamates (subject to hydrolysis) is 1. The summed E-state index contributed by atoms with van der Waals surface area (Å²) in [5.41, 5.74) is 1.13. The van der Waals surface area contributed by atoms with E-state index < -0.39 is 17.1 Å². The average molecular weight is 439 g/mol. The minimum atomic E-state index is -0.734. The molecule has 3 rings (SSSR count). The monoisotopic (exact) mass is 438 g/mol. The molecular formula is C26H34N2O4. The summed E-state index contributed by atoms with van der Waals surface area (Å²) >= 11 is 0. The number of ether oxygens (including phenoxy) is 2. The van der Waals surface area contributed by atoms with E-state index in [-0.39, 0.29) is 18.6 Å². The molecule has 0 spiro atoms. The van der Waals surface area contributed by atoms with Crippen molar-refractivity contribution in [3.8, 4) is 0 Å². The van der Waals surface area contributed by atoms with Gasteiger partial charge >= 0.3 is 12.1 Å². The Balaban J connectivity index is 1.70. The number of esters is 1. The van der Waals surface area contributed by atoms with Crippen molar-refractivity contribution >= 4 is 12.1 Å². The highest BCUT2D eigenvalue weighted by atomic mass is 16.6. The smallest absolute Gasteiger partial charge is 0.407 e. The lowest BCUT2D eigenvalue weighted by Crippen LogP contribution is -2.59. The summed E-state index contributed by atoms with van der Waals surface area (Å²) in [7, 11) is 1.40. The van der Waals surface area contributed by atoms with Crippen LogP contribution in [-0.4, -0.2) is 42.3 Å². The summed E-state index contributed by atoms with van der Waals surface area (Å²) < 4.78 is 10.4. The molecule has 0 aromatic heterocycles. The molecule has 1 aliphatic rings. The number of amides is 1. The molecule has 0 unspecified atom stereocenters. The first-order chi connectivity index (χ1) is 15.2. The van der Waals surface area contributed by atoms with Crippen molar-refractivity contribution in [2.45, 2.75) is 58.3 Å². The number of carbonyl (C=O) groups is 2. The third-order valence-corrected chi connectivity index (χ3v) is 5.81. The molecular weight excluding hydrogens is 404 g/mol. The maximum Gasteiger partial charge on any atom is 0.407 e.